The summed E-state index contributed by atoms with van der Waals surface area (Å²) in [6, 6.07) is 9.67. The van der Waals surface area contributed by atoms with E-state index in [0.29, 0.717) is 23.5 Å². The summed E-state index contributed by atoms with van der Waals surface area (Å²) in [5.74, 6) is 0.417. The van der Waals surface area contributed by atoms with Crippen molar-refractivity contribution in [1.29, 1.82) is 0 Å². The zero-order valence-corrected chi connectivity index (χ0v) is 22.8. The number of nitrogens with one attached hydrogen (secondary N) is 2. The molecule has 0 saturated heterocycles. The number of amides is 1. The van der Waals surface area contributed by atoms with Gasteiger partial charge in [0.1, 0.15) is 11.4 Å². The smallest absolute Gasteiger partial charge is 0.255 e. The average Bonchev–Trinajstić information content (AvgIpc) is 3.45. The van der Waals surface area contributed by atoms with Gasteiger partial charge in [0.05, 0.1) is 30.9 Å². The second-order valence-electron chi connectivity index (χ2n) is 10.3. The number of anilines is 1. The molecule has 2 aromatic heterocycles. The number of rotatable bonds is 7. The monoisotopic (exact) mass is 501 g/mol. The van der Waals surface area contributed by atoms with E-state index < -0.39 is 0 Å². The molecule has 2 N–H and O–H groups in total. The fourth-order valence-corrected chi connectivity index (χ4v) is 4.22. The van der Waals surface area contributed by atoms with Crippen molar-refractivity contribution in [3.05, 3.63) is 70.7 Å². The number of hydrogen-bond acceptors (Lipinski definition) is 6. The Labute approximate surface area is 217 Å². The van der Waals surface area contributed by atoms with Gasteiger partial charge in [0, 0.05) is 36.0 Å². The minimum atomic E-state index is -0.232. The lowest BCUT2D eigenvalue weighted by atomic mass is 9.85. The largest absolute Gasteiger partial charge is 0.494 e. The fourth-order valence-electron chi connectivity index (χ4n) is 4.22. The zero-order valence-electron chi connectivity index (χ0n) is 22.8. The van der Waals surface area contributed by atoms with Crippen molar-refractivity contribution < 1.29 is 9.53 Å². The third kappa shape index (κ3) is 5.27. The Balaban J connectivity index is 1.68. The van der Waals surface area contributed by atoms with Crippen LogP contribution < -0.4 is 15.4 Å². The van der Waals surface area contributed by atoms with E-state index in [4.69, 9.17) is 4.74 Å². The molecule has 0 unspecified atom stereocenters. The number of aryl methyl sites for hydroxylation is 2. The number of hydrogen-bond donors (Lipinski definition) is 2. The summed E-state index contributed by atoms with van der Waals surface area (Å²) in [6.45, 7) is 11.0. The molecule has 0 aliphatic rings. The minimum Gasteiger partial charge on any atom is -0.494 e. The quantitative estimate of drug-likeness (QED) is 0.385. The van der Waals surface area contributed by atoms with Crippen LogP contribution in [-0.2, 0) is 19.0 Å². The fraction of sp³-hybridized carbons (Fsp3) is 0.357. The molecule has 0 spiro atoms. The van der Waals surface area contributed by atoms with E-state index in [-0.39, 0.29) is 11.3 Å². The van der Waals surface area contributed by atoms with E-state index in [9.17, 15) is 4.79 Å². The number of methoxy groups -OCH3 is 1. The van der Waals surface area contributed by atoms with Crippen LogP contribution in [0.1, 0.15) is 53.5 Å². The van der Waals surface area contributed by atoms with Gasteiger partial charge >= 0.3 is 0 Å². The second kappa shape index (κ2) is 10.2. The van der Waals surface area contributed by atoms with Crippen molar-refractivity contribution in [3.63, 3.8) is 0 Å². The molecule has 1 amide bonds. The number of nitrogens with zero attached hydrogens (tertiary/aromatic N) is 5. The lowest BCUT2D eigenvalue weighted by molar-refractivity contribution is 0.102. The Hall–Kier alpha value is -3.98. The maximum absolute atomic E-state index is 13.4. The highest BCUT2D eigenvalue weighted by molar-refractivity contribution is 6.05. The summed E-state index contributed by atoms with van der Waals surface area (Å²) >= 11 is 0. The van der Waals surface area contributed by atoms with Crippen LogP contribution >= 0.6 is 0 Å². The molecule has 9 nitrogen and oxygen atoms in total. The van der Waals surface area contributed by atoms with Gasteiger partial charge < -0.3 is 15.4 Å². The number of carbonyl (C=O) groups excluding carboxylic acids is 1. The van der Waals surface area contributed by atoms with E-state index in [2.05, 4.69) is 52.9 Å². The van der Waals surface area contributed by atoms with E-state index in [1.54, 1.807) is 22.7 Å². The third-order valence-electron chi connectivity index (χ3n) is 6.57. The van der Waals surface area contributed by atoms with Crippen molar-refractivity contribution in [3.8, 4) is 22.7 Å². The van der Waals surface area contributed by atoms with Crippen molar-refractivity contribution >= 4 is 11.6 Å². The van der Waals surface area contributed by atoms with Crippen molar-refractivity contribution in [2.24, 2.45) is 7.05 Å². The standard InChI is InChI=1S/C28H35N7O2/c1-17-9-10-19(12-25(17)35-16-24(32-33-35)22-15-30-34(7)18(22)2)27(36)31-23-13-21(28(3,4)5)11-20(14-29-6)26(23)37-8/h9-13,15-16,29H,14H2,1-8H3,(H,31,36). The van der Waals surface area contributed by atoms with E-state index >= 15 is 0 Å². The molecule has 2 heterocycles. The number of benzene rings is 2. The first-order chi connectivity index (χ1) is 17.5. The Kier molecular flexibility index (Phi) is 7.18. The van der Waals surface area contributed by atoms with Crippen molar-refractivity contribution in [2.75, 3.05) is 19.5 Å². The maximum Gasteiger partial charge on any atom is 0.255 e. The average molecular weight is 502 g/mol. The molecule has 2 aromatic carbocycles. The molecule has 0 saturated carbocycles. The number of ether oxygens (including phenoxy) is 1. The van der Waals surface area contributed by atoms with E-state index in [0.717, 1.165) is 39.3 Å². The third-order valence-corrected chi connectivity index (χ3v) is 6.57. The van der Waals surface area contributed by atoms with Gasteiger partial charge in [0.25, 0.3) is 5.91 Å². The molecule has 0 atom stereocenters. The Bertz CT molecular complexity index is 1440. The Morgan fingerprint density at radius 3 is 2.51 bits per heavy atom. The molecule has 0 aliphatic carbocycles. The highest BCUT2D eigenvalue weighted by Gasteiger charge is 2.21. The first-order valence-electron chi connectivity index (χ1n) is 12.2. The molecule has 4 aromatic rings. The highest BCUT2D eigenvalue weighted by Crippen LogP contribution is 2.36. The zero-order chi connectivity index (χ0) is 26.9. The van der Waals surface area contributed by atoms with E-state index in [1.165, 1.54) is 0 Å². The van der Waals surface area contributed by atoms with Gasteiger partial charge in [-0.1, -0.05) is 38.1 Å². The first-order valence-corrected chi connectivity index (χ1v) is 12.2. The van der Waals surface area contributed by atoms with Crippen LogP contribution in [0.3, 0.4) is 0 Å². The minimum absolute atomic E-state index is 0.0945. The maximum atomic E-state index is 13.4. The lowest BCUT2D eigenvalue weighted by Crippen LogP contribution is -2.18. The SMILES string of the molecule is CNCc1cc(C(C)(C)C)cc(NC(=O)c2ccc(C)c(-n3cc(-c4cnn(C)c4C)nn3)c2)c1OC. The van der Waals surface area contributed by atoms with Crippen molar-refractivity contribution in [1.82, 2.24) is 30.1 Å². The molecular weight excluding hydrogens is 466 g/mol. The van der Waals surface area contributed by atoms with Crippen LogP contribution in [0.4, 0.5) is 5.69 Å². The second-order valence-corrected chi connectivity index (χ2v) is 10.3. The Morgan fingerprint density at radius 2 is 1.89 bits per heavy atom. The highest BCUT2D eigenvalue weighted by atomic mass is 16.5. The lowest BCUT2D eigenvalue weighted by Gasteiger charge is -2.24. The molecule has 0 aliphatic heterocycles. The predicted octanol–water partition coefficient (Wildman–Crippen LogP) is 4.56. The number of carbonyl (C=O) groups is 1. The van der Waals surface area contributed by atoms with Gasteiger partial charge in [0.15, 0.2) is 0 Å². The van der Waals surface area contributed by atoms with Crippen LogP contribution in [0.25, 0.3) is 16.9 Å². The summed E-state index contributed by atoms with van der Waals surface area (Å²) in [5.41, 5.74) is 7.54. The summed E-state index contributed by atoms with van der Waals surface area (Å²) in [5, 5.41) is 19.2. The van der Waals surface area contributed by atoms with Gasteiger partial charge in [-0.25, -0.2) is 4.68 Å². The van der Waals surface area contributed by atoms with Crippen LogP contribution in [-0.4, -0.2) is 44.8 Å². The van der Waals surface area contributed by atoms with Crippen LogP contribution in [0.15, 0.2) is 42.7 Å². The number of aromatic nitrogens is 5. The molecule has 4 rings (SSSR count). The van der Waals surface area contributed by atoms with Gasteiger partial charge in [0.2, 0.25) is 0 Å². The molecule has 37 heavy (non-hydrogen) atoms. The predicted molar refractivity (Wildman–Crippen MR) is 145 cm³/mol. The summed E-state index contributed by atoms with van der Waals surface area (Å²) in [6.07, 6.45) is 3.63. The van der Waals surface area contributed by atoms with Crippen LogP contribution in [0.5, 0.6) is 5.75 Å². The van der Waals surface area contributed by atoms with Gasteiger partial charge in [-0.05, 0) is 55.6 Å². The molecule has 0 radical (unpaired) electrons. The normalized spacial score (nSPS) is 11.6. The molecule has 0 bridgehead atoms. The topological polar surface area (TPSA) is 98.9 Å². The van der Waals surface area contributed by atoms with Gasteiger partial charge in [-0.15, -0.1) is 5.10 Å². The van der Waals surface area contributed by atoms with Gasteiger partial charge in [-0.3, -0.25) is 9.48 Å². The molecular formula is C28H35N7O2. The molecule has 194 valence electrons. The van der Waals surface area contributed by atoms with Crippen LogP contribution in [0.2, 0.25) is 0 Å². The summed E-state index contributed by atoms with van der Waals surface area (Å²) in [7, 11) is 5.40. The molecule has 0 fully saturated rings. The summed E-state index contributed by atoms with van der Waals surface area (Å²) in [4.78, 5) is 13.4. The first kappa shape index (κ1) is 26.1. The molecule has 9 heteroatoms. The van der Waals surface area contributed by atoms with E-state index in [1.807, 2.05) is 58.4 Å². The van der Waals surface area contributed by atoms with Crippen molar-refractivity contribution in [2.45, 2.75) is 46.6 Å². The Morgan fingerprint density at radius 1 is 1.14 bits per heavy atom. The van der Waals surface area contributed by atoms with Gasteiger partial charge in [-0.2, -0.15) is 5.10 Å². The summed E-state index contributed by atoms with van der Waals surface area (Å²) < 4.78 is 9.21. The van der Waals surface area contributed by atoms with Crippen LogP contribution in [0, 0.1) is 13.8 Å².